The third-order valence-electron chi connectivity index (χ3n) is 8.12. The fraction of sp³-hybridized carbons (Fsp3) is 0.581. The van der Waals surface area contributed by atoms with Crippen LogP contribution in [0, 0.1) is 11.7 Å². The molecule has 1 aromatic carbocycles. The van der Waals surface area contributed by atoms with E-state index < -0.39 is 39.3 Å². The van der Waals surface area contributed by atoms with E-state index in [1.165, 1.54) is 19.2 Å². The molecule has 2 unspecified atom stereocenters. The molecular formula is C31H42FN3O6S. The number of carboxylic acids is 1. The van der Waals surface area contributed by atoms with Gasteiger partial charge in [0, 0.05) is 24.6 Å². The Balaban J connectivity index is 1.82. The number of aromatic nitrogens is 2. The summed E-state index contributed by atoms with van der Waals surface area (Å²) in [5.41, 5.74) is 1.44. The zero-order valence-electron chi connectivity index (χ0n) is 25.3. The van der Waals surface area contributed by atoms with Gasteiger partial charge in [0.25, 0.3) is 0 Å². The van der Waals surface area contributed by atoms with Gasteiger partial charge >= 0.3 is 5.97 Å². The third-order valence-corrected chi connectivity index (χ3v) is 9.27. The van der Waals surface area contributed by atoms with Crippen LogP contribution in [0.25, 0.3) is 17.3 Å². The lowest BCUT2D eigenvalue weighted by Gasteiger charge is -2.51. The number of carboxylic acid groups (broad SMARTS) is 1. The lowest BCUT2D eigenvalue weighted by Crippen LogP contribution is -2.56. The van der Waals surface area contributed by atoms with E-state index >= 15 is 0 Å². The Morgan fingerprint density at radius 1 is 1.17 bits per heavy atom. The quantitative estimate of drug-likeness (QED) is 0.363. The molecule has 1 saturated carbocycles. The maximum Gasteiger partial charge on any atom is 0.306 e. The monoisotopic (exact) mass is 603 g/mol. The molecular weight excluding hydrogens is 561 g/mol. The van der Waals surface area contributed by atoms with Crippen LogP contribution in [0.3, 0.4) is 0 Å². The molecule has 2 heterocycles. The van der Waals surface area contributed by atoms with Gasteiger partial charge in [-0.2, -0.15) is 0 Å². The van der Waals surface area contributed by atoms with Crippen molar-refractivity contribution in [1.82, 2.24) is 9.97 Å². The molecule has 230 valence electrons. The number of nitrogens with zero attached hydrogens (tertiary/aromatic N) is 3. The Labute approximate surface area is 248 Å². The van der Waals surface area contributed by atoms with E-state index in [1.54, 1.807) is 12.1 Å². The van der Waals surface area contributed by atoms with Crippen LogP contribution in [0.5, 0.6) is 0 Å². The van der Waals surface area contributed by atoms with Crippen molar-refractivity contribution in [2.45, 2.75) is 96.1 Å². The average molecular weight is 604 g/mol. The second kappa shape index (κ2) is 12.4. The van der Waals surface area contributed by atoms with E-state index in [2.05, 4.69) is 9.97 Å². The van der Waals surface area contributed by atoms with Crippen molar-refractivity contribution in [1.29, 1.82) is 0 Å². The van der Waals surface area contributed by atoms with Crippen LogP contribution < -0.4 is 4.31 Å². The van der Waals surface area contributed by atoms with Gasteiger partial charge in [-0.3, -0.25) is 4.79 Å². The maximum absolute atomic E-state index is 13.9. The number of sulfonamides is 1. The van der Waals surface area contributed by atoms with E-state index in [0.717, 1.165) is 42.7 Å². The minimum atomic E-state index is -3.64. The first-order chi connectivity index (χ1) is 19.6. The highest BCUT2D eigenvalue weighted by atomic mass is 32.2. The molecule has 0 radical (unpaired) electrons. The molecule has 1 saturated heterocycles. The standard InChI is InChI=1S/C31H42FN3O6S/c1-20(2)27-25(28(21-12-14-23(32)15-13-21)34-29(33-27)35(5)42(6,38)39)17-16-24-18-31(19-26(36)37,41-30(3,4)40-24)22-10-8-7-9-11-22/h12-17,20,22,24H,7-11,18-19H2,1-6H3,(H,36,37). The number of anilines is 1. The molecule has 1 aromatic heterocycles. The van der Waals surface area contributed by atoms with Gasteiger partial charge in [0.05, 0.1) is 35.8 Å². The van der Waals surface area contributed by atoms with Crippen LogP contribution in [-0.2, 0) is 24.3 Å². The van der Waals surface area contributed by atoms with Gasteiger partial charge in [0.1, 0.15) is 5.82 Å². The summed E-state index contributed by atoms with van der Waals surface area (Å²) in [7, 11) is -2.25. The molecule has 0 bridgehead atoms. The highest BCUT2D eigenvalue weighted by Crippen LogP contribution is 2.47. The van der Waals surface area contributed by atoms with Gasteiger partial charge in [-0.25, -0.2) is 27.1 Å². The summed E-state index contributed by atoms with van der Waals surface area (Å²) >= 11 is 0. The molecule has 11 heteroatoms. The van der Waals surface area contributed by atoms with E-state index in [1.807, 2.05) is 39.8 Å². The van der Waals surface area contributed by atoms with Crippen LogP contribution in [0.4, 0.5) is 10.3 Å². The summed E-state index contributed by atoms with van der Waals surface area (Å²) in [6, 6.07) is 5.85. The van der Waals surface area contributed by atoms with Crippen molar-refractivity contribution in [3.8, 4) is 11.3 Å². The molecule has 4 rings (SSSR count). The van der Waals surface area contributed by atoms with Crippen LogP contribution in [0.2, 0.25) is 0 Å². The molecule has 2 aromatic rings. The van der Waals surface area contributed by atoms with Crippen molar-refractivity contribution in [2.75, 3.05) is 17.6 Å². The molecule has 42 heavy (non-hydrogen) atoms. The second-order valence-electron chi connectivity index (χ2n) is 12.3. The van der Waals surface area contributed by atoms with Crippen molar-refractivity contribution in [2.24, 2.45) is 5.92 Å². The molecule has 2 fully saturated rings. The fourth-order valence-electron chi connectivity index (χ4n) is 6.20. The summed E-state index contributed by atoms with van der Waals surface area (Å²) in [5, 5.41) is 9.90. The van der Waals surface area contributed by atoms with Crippen molar-refractivity contribution >= 4 is 28.0 Å². The van der Waals surface area contributed by atoms with Gasteiger partial charge in [-0.1, -0.05) is 45.3 Å². The van der Waals surface area contributed by atoms with Crippen molar-refractivity contribution in [3.05, 3.63) is 47.4 Å². The van der Waals surface area contributed by atoms with Gasteiger partial charge < -0.3 is 14.6 Å². The van der Waals surface area contributed by atoms with Crippen LogP contribution in [0.15, 0.2) is 30.3 Å². The second-order valence-corrected chi connectivity index (χ2v) is 14.3. The number of halogens is 1. The summed E-state index contributed by atoms with van der Waals surface area (Å²) < 4.78 is 52.4. The van der Waals surface area contributed by atoms with Gasteiger partial charge in [-0.05, 0) is 62.8 Å². The molecule has 0 spiro atoms. The molecule has 1 aliphatic carbocycles. The first-order valence-corrected chi connectivity index (χ1v) is 16.3. The number of aliphatic carboxylic acids is 1. The molecule has 2 aliphatic rings. The Morgan fingerprint density at radius 3 is 2.38 bits per heavy atom. The Hall–Kier alpha value is -2.89. The number of benzene rings is 1. The summed E-state index contributed by atoms with van der Waals surface area (Å²) in [6.07, 6.45) is 9.68. The summed E-state index contributed by atoms with van der Waals surface area (Å²) in [6.45, 7) is 7.53. The number of rotatable bonds is 9. The minimum Gasteiger partial charge on any atom is -0.481 e. The number of hydrogen-bond donors (Lipinski definition) is 1. The fourth-order valence-corrected chi connectivity index (χ4v) is 6.57. The molecule has 0 amide bonds. The maximum atomic E-state index is 13.9. The Kier molecular flexibility index (Phi) is 9.44. The molecule has 2 atom stereocenters. The summed E-state index contributed by atoms with van der Waals surface area (Å²) in [5.74, 6) is -2.31. The normalized spacial score (nSPS) is 23.4. The predicted molar refractivity (Wildman–Crippen MR) is 160 cm³/mol. The van der Waals surface area contributed by atoms with Gasteiger partial charge in [-0.15, -0.1) is 0 Å². The smallest absolute Gasteiger partial charge is 0.306 e. The molecule has 1 N–H and O–H groups in total. The van der Waals surface area contributed by atoms with Crippen molar-refractivity contribution in [3.63, 3.8) is 0 Å². The average Bonchev–Trinajstić information content (AvgIpc) is 2.90. The molecule has 1 aliphatic heterocycles. The van der Waals surface area contributed by atoms with E-state index in [9.17, 15) is 22.7 Å². The highest BCUT2D eigenvalue weighted by molar-refractivity contribution is 7.92. The van der Waals surface area contributed by atoms with E-state index in [4.69, 9.17) is 9.47 Å². The largest absolute Gasteiger partial charge is 0.481 e. The van der Waals surface area contributed by atoms with Gasteiger partial charge in [0.2, 0.25) is 16.0 Å². The third kappa shape index (κ3) is 7.36. The molecule has 9 nitrogen and oxygen atoms in total. The first kappa shape index (κ1) is 32.0. The van der Waals surface area contributed by atoms with Crippen molar-refractivity contribution < 1.29 is 32.2 Å². The van der Waals surface area contributed by atoms with E-state index in [0.29, 0.717) is 28.9 Å². The zero-order valence-corrected chi connectivity index (χ0v) is 26.1. The van der Waals surface area contributed by atoms with Gasteiger partial charge in [0.15, 0.2) is 5.79 Å². The first-order valence-electron chi connectivity index (χ1n) is 14.5. The summed E-state index contributed by atoms with van der Waals surface area (Å²) in [4.78, 5) is 21.4. The van der Waals surface area contributed by atoms with Crippen LogP contribution in [-0.4, -0.2) is 60.3 Å². The van der Waals surface area contributed by atoms with Crippen LogP contribution >= 0.6 is 0 Å². The Morgan fingerprint density at radius 2 is 1.81 bits per heavy atom. The number of ether oxygens (including phenoxy) is 2. The number of hydrogen-bond acceptors (Lipinski definition) is 7. The number of carbonyl (C=O) groups is 1. The van der Waals surface area contributed by atoms with Crippen LogP contribution in [0.1, 0.15) is 89.8 Å². The Bertz CT molecular complexity index is 1420. The van der Waals surface area contributed by atoms with E-state index in [-0.39, 0.29) is 24.2 Å². The highest BCUT2D eigenvalue weighted by Gasteiger charge is 2.51. The topological polar surface area (TPSA) is 119 Å². The minimum absolute atomic E-state index is 0.0129. The lowest BCUT2D eigenvalue weighted by atomic mass is 9.71. The zero-order chi connectivity index (χ0) is 30.9. The SMILES string of the molecule is CC(C)c1nc(N(C)S(C)(=O)=O)nc(-c2ccc(F)cc2)c1C=CC1CC(CC(=O)O)(C2CCCCC2)OC(C)(C)O1. The predicted octanol–water partition coefficient (Wildman–Crippen LogP) is 6.15. The lowest BCUT2D eigenvalue weighted by molar-refractivity contribution is -0.339.